The van der Waals surface area contributed by atoms with Crippen molar-refractivity contribution >= 4 is 32.6 Å². The minimum absolute atomic E-state index is 0.141. The van der Waals surface area contributed by atoms with Crippen LogP contribution in [0.25, 0.3) is 10.2 Å². The summed E-state index contributed by atoms with van der Waals surface area (Å²) in [5, 5.41) is 0.619. The number of hydrogen-bond donors (Lipinski definition) is 0. The number of ether oxygens (including phenoxy) is 2. The highest BCUT2D eigenvalue weighted by Crippen LogP contribution is 2.33. The van der Waals surface area contributed by atoms with Gasteiger partial charge in [-0.2, -0.15) is 0 Å². The Morgan fingerprint density at radius 2 is 1.71 bits per heavy atom. The maximum atomic E-state index is 13.5. The molecule has 0 bridgehead atoms. The van der Waals surface area contributed by atoms with Gasteiger partial charge in [0.05, 0.1) is 35.7 Å². The van der Waals surface area contributed by atoms with E-state index >= 15 is 0 Å². The molecule has 31 heavy (non-hydrogen) atoms. The third kappa shape index (κ3) is 4.83. The number of hydrogen-bond acceptors (Lipinski definition) is 6. The summed E-state index contributed by atoms with van der Waals surface area (Å²) < 4.78 is 12.1. The minimum atomic E-state index is -0.141. The monoisotopic (exact) mass is 433 g/mol. The van der Waals surface area contributed by atoms with E-state index in [1.54, 1.807) is 23.2 Å². The lowest BCUT2D eigenvalue weighted by molar-refractivity contribution is 0.0985. The van der Waals surface area contributed by atoms with Gasteiger partial charge in [-0.05, 0) is 68.4 Å². The molecular formula is C24H23N3O3S. The summed E-state index contributed by atoms with van der Waals surface area (Å²) in [6.07, 6.45) is 1.72. The standard InChI is InChI=1S/C24H23N3O3S/c1-3-29-19-10-8-17(9-11-19)23(28)27(16-18-7-5-6-14-25-18)24-26-21-13-12-20(30-4-2)15-22(21)31-24/h5-15H,3-4,16H2,1-2H3. The highest BCUT2D eigenvalue weighted by atomic mass is 32.1. The summed E-state index contributed by atoms with van der Waals surface area (Å²) in [4.78, 5) is 24.2. The third-order valence-electron chi connectivity index (χ3n) is 4.59. The van der Waals surface area contributed by atoms with E-state index in [1.165, 1.54) is 11.3 Å². The first-order valence-electron chi connectivity index (χ1n) is 10.2. The Labute approximate surface area is 185 Å². The van der Waals surface area contributed by atoms with Crippen LogP contribution in [0.15, 0.2) is 66.9 Å². The molecule has 4 aromatic rings. The summed E-state index contributed by atoms with van der Waals surface area (Å²) in [6.45, 7) is 5.38. The second kappa shape index (κ2) is 9.57. The predicted molar refractivity (Wildman–Crippen MR) is 123 cm³/mol. The number of carbonyl (C=O) groups is 1. The third-order valence-corrected chi connectivity index (χ3v) is 5.64. The quantitative estimate of drug-likeness (QED) is 0.375. The Bertz CT molecular complexity index is 1160. The molecular weight excluding hydrogens is 410 g/mol. The molecule has 2 aromatic heterocycles. The van der Waals surface area contributed by atoms with E-state index in [0.29, 0.717) is 30.5 Å². The Kier molecular flexibility index (Phi) is 6.43. The number of aromatic nitrogens is 2. The average Bonchev–Trinajstić information content (AvgIpc) is 3.22. The van der Waals surface area contributed by atoms with Crippen LogP contribution in [0.5, 0.6) is 11.5 Å². The molecule has 2 aromatic carbocycles. The zero-order valence-corrected chi connectivity index (χ0v) is 18.3. The van der Waals surface area contributed by atoms with Gasteiger partial charge >= 0.3 is 0 Å². The fourth-order valence-corrected chi connectivity index (χ4v) is 4.15. The van der Waals surface area contributed by atoms with Crippen LogP contribution in [0.1, 0.15) is 29.9 Å². The maximum absolute atomic E-state index is 13.5. The summed E-state index contributed by atoms with van der Waals surface area (Å²) in [5.74, 6) is 1.39. The molecule has 158 valence electrons. The van der Waals surface area contributed by atoms with E-state index in [2.05, 4.69) is 4.98 Å². The van der Waals surface area contributed by atoms with Crippen molar-refractivity contribution in [3.63, 3.8) is 0 Å². The summed E-state index contributed by atoms with van der Waals surface area (Å²) >= 11 is 1.46. The van der Waals surface area contributed by atoms with E-state index in [0.717, 1.165) is 27.4 Å². The molecule has 7 heteroatoms. The Balaban J connectivity index is 1.70. The van der Waals surface area contributed by atoms with Crippen LogP contribution in [0, 0.1) is 0 Å². The molecule has 0 fully saturated rings. The first kappa shape index (κ1) is 20.8. The van der Waals surface area contributed by atoms with Crippen molar-refractivity contribution in [2.75, 3.05) is 18.1 Å². The van der Waals surface area contributed by atoms with E-state index in [9.17, 15) is 4.79 Å². The lowest BCUT2D eigenvalue weighted by atomic mass is 10.2. The average molecular weight is 434 g/mol. The van der Waals surface area contributed by atoms with E-state index in [1.807, 2.05) is 62.4 Å². The van der Waals surface area contributed by atoms with Crippen LogP contribution in [0.4, 0.5) is 5.13 Å². The van der Waals surface area contributed by atoms with Crippen molar-refractivity contribution in [3.05, 3.63) is 78.1 Å². The predicted octanol–water partition coefficient (Wildman–Crippen LogP) is 5.34. The van der Waals surface area contributed by atoms with Crippen LogP contribution in [0.2, 0.25) is 0 Å². The zero-order chi connectivity index (χ0) is 21.6. The number of amides is 1. The van der Waals surface area contributed by atoms with Gasteiger partial charge in [0.15, 0.2) is 5.13 Å². The van der Waals surface area contributed by atoms with Crippen LogP contribution < -0.4 is 14.4 Å². The van der Waals surface area contributed by atoms with Gasteiger partial charge in [-0.15, -0.1) is 0 Å². The lowest BCUT2D eigenvalue weighted by Gasteiger charge is -2.19. The van der Waals surface area contributed by atoms with Crippen LogP contribution in [-0.2, 0) is 6.54 Å². The van der Waals surface area contributed by atoms with Crippen LogP contribution in [-0.4, -0.2) is 29.1 Å². The first-order valence-corrected chi connectivity index (χ1v) is 11.0. The fraction of sp³-hybridized carbons (Fsp3) is 0.208. The molecule has 0 radical (unpaired) electrons. The van der Waals surface area contributed by atoms with Gasteiger partial charge in [-0.3, -0.25) is 14.7 Å². The first-order chi connectivity index (χ1) is 15.2. The molecule has 0 aliphatic heterocycles. The van der Waals surface area contributed by atoms with Crippen molar-refractivity contribution in [2.45, 2.75) is 20.4 Å². The molecule has 0 N–H and O–H groups in total. The lowest BCUT2D eigenvalue weighted by Crippen LogP contribution is -2.30. The molecule has 1 amide bonds. The zero-order valence-electron chi connectivity index (χ0n) is 17.4. The molecule has 4 rings (SSSR count). The van der Waals surface area contributed by atoms with E-state index in [4.69, 9.17) is 14.5 Å². The van der Waals surface area contributed by atoms with Crippen molar-refractivity contribution in [2.24, 2.45) is 0 Å². The summed E-state index contributed by atoms with van der Waals surface area (Å²) in [6, 6.07) is 18.6. The minimum Gasteiger partial charge on any atom is -0.494 e. The topological polar surface area (TPSA) is 64.5 Å². The highest BCUT2D eigenvalue weighted by molar-refractivity contribution is 7.22. The van der Waals surface area contributed by atoms with Gasteiger partial charge < -0.3 is 9.47 Å². The summed E-state index contributed by atoms with van der Waals surface area (Å²) in [7, 11) is 0. The van der Waals surface area contributed by atoms with Gasteiger partial charge in [0.25, 0.3) is 5.91 Å². The van der Waals surface area contributed by atoms with Gasteiger partial charge in [0.1, 0.15) is 11.5 Å². The van der Waals surface area contributed by atoms with Gasteiger partial charge in [0, 0.05) is 11.8 Å². The molecule has 0 aliphatic rings. The van der Waals surface area contributed by atoms with Crippen molar-refractivity contribution in [1.82, 2.24) is 9.97 Å². The van der Waals surface area contributed by atoms with Crippen molar-refractivity contribution in [1.29, 1.82) is 0 Å². The van der Waals surface area contributed by atoms with Gasteiger partial charge in [-0.1, -0.05) is 17.4 Å². The largest absolute Gasteiger partial charge is 0.494 e. The number of fused-ring (bicyclic) bond motifs is 1. The molecule has 0 saturated carbocycles. The maximum Gasteiger partial charge on any atom is 0.260 e. The van der Waals surface area contributed by atoms with Crippen LogP contribution in [0.3, 0.4) is 0 Å². The number of pyridine rings is 1. The highest BCUT2D eigenvalue weighted by Gasteiger charge is 2.22. The molecule has 0 spiro atoms. The second-order valence-electron chi connectivity index (χ2n) is 6.73. The number of rotatable bonds is 8. The number of nitrogens with zero attached hydrogens (tertiary/aromatic N) is 3. The second-order valence-corrected chi connectivity index (χ2v) is 7.74. The molecule has 0 atom stereocenters. The SMILES string of the molecule is CCOc1ccc(C(=O)N(Cc2ccccn2)c2nc3ccc(OCC)cc3s2)cc1. The normalized spacial score (nSPS) is 10.8. The van der Waals surface area contributed by atoms with E-state index < -0.39 is 0 Å². The summed E-state index contributed by atoms with van der Waals surface area (Å²) in [5.41, 5.74) is 2.18. The molecule has 0 aliphatic carbocycles. The van der Waals surface area contributed by atoms with Crippen LogP contribution >= 0.6 is 11.3 Å². The van der Waals surface area contributed by atoms with Crippen molar-refractivity contribution in [3.8, 4) is 11.5 Å². The van der Waals surface area contributed by atoms with E-state index in [-0.39, 0.29) is 5.91 Å². The smallest absolute Gasteiger partial charge is 0.260 e. The Morgan fingerprint density at radius 3 is 2.42 bits per heavy atom. The molecule has 0 unspecified atom stereocenters. The number of carbonyl (C=O) groups excluding carboxylic acids is 1. The number of anilines is 1. The van der Waals surface area contributed by atoms with Gasteiger partial charge in [-0.25, -0.2) is 4.98 Å². The molecule has 2 heterocycles. The Hall–Kier alpha value is -3.45. The number of benzene rings is 2. The Morgan fingerprint density at radius 1 is 0.968 bits per heavy atom. The van der Waals surface area contributed by atoms with Gasteiger partial charge in [0.2, 0.25) is 0 Å². The molecule has 0 saturated heterocycles. The molecule has 6 nitrogen and oxygen atoms in total. The van der Waals surface area contributed by atoms with Crippen molar-refractivity contribution < 1.29 is 14.3 Å². The fourth-order valence-electron chi connectivity index (χ4n) is 3.16. The number of thiazole rings is 1.